The number of hydrogen-bond donors (Lipinski definition) is 1. The third kappa shape index (κ3) is 6.85. The Morgan fingerprint density at radius 1 is 1.20 bits per heavy atom. The van der Waals surface area contributed by atoms with E-state index >= 15 is 0 Å². The van der Waals surface area contributed by atoms with Crippen molar-refractivity contribution in [3.8, 4) is 0 Å². The number of carbonyl (C=O) groups excluding carboxylic acids is 1. The van der Waals surface area contributed by atoms with Crippen molar-refractivity contribution >= 4 is 16.1 Å². The summed E-state index contributed by atoms with van der Waals surface area (Å²) in [6, 6.07) is 6.10. The van der Waals surface area contributed by atoms with E-state index in [4.69, 9.17) is 14.2 Å². The topological polar surface area (TPSA) is 90.9 Å². The molecular weight excluding hydrogens is 346 g/mol. The van der Waals surface area contributed by atoms with Gasteiger partial charge in [-0.2, -0.15) is 0 Å². The summed E-state index contributed by atoms with van der Waals surface area (Å²) in [6.45, 7) is 9.69. The third-order valence-corrected chi connectivity index (χ3v) is 4.50. The smallest absolute Gasteiger partial charge is 0.421 e. The fourth-order valence-corrected chi connectivity index (χ4v) is 2.90. The molecule has 0 bridgehead atoms. The molecule has 0 aromatic heterocycles. The number of carbonyl (C=O) groups is 1. The molecule has 140 valence electrons. The Balaban J connectivity index is 2.82. The van der Waals surface area contributed by atoms with Crippen LogP contribution >= 0.6 is 0 Å². The van der Waals surface area contributed by atoms with Crippen molar-refractivity contribution in [2.75, 3.05) is 13.2 Å². The molecule has 0 fully saturated rings. The Morgan fingerprint density at radius 3 is 2.24 bits per heavy atom. The maximum absolute atomic E-state index is 12.2. The molecule has 1 atom stereocenters. The molecular formula is C17H25NO6S. The van der Waals surface area contributed by atoms with Crippen LogP contribution in [0, 0.1) is 6.92 Å². The first kappa shape index (κ1) is 21.1. The van der Waals surface area contributed by atoms with Gasteiger partial charge in [0, 0.05) is 19.6 Å². The summed E-state index contributed by atoms with van der Waals surface area (Å²) in [6.07, 6.45) is -0.927. The SMILES string of the molecule is C=CCC(OC(=O)NS(=O)(=O)c1ccc(C)cc1)C(OCC)OCC. The Labute approximate surface area is 149 Å². The van der Waals surface area contributed by atoms with Gasteiger partial charge in [0.25, 0.3) is 10.0 Å². The van der Waals surface area contributed by atoms with Gasteiger partial charge in [0.15, 0.2) is 12.4 Å². The standard InChI is InChI=1S/C17H25NO6S/c1-5-8-15(16(22-6-2)23-7-3)24-17(19)18-25(20,21)14-11-9-13(4)10-12-14/h5,9-12,15-16H,1,6-8H2,2-4H3,(H,18,19). The predicted octanol–water partition coefficient (Wildman–Crippen LogP) is 2.75. The normalized spacial score (nSPS) is 12.6. The Kier molecular flexibility index (Phi) is 8.60. The van der Waals surface area contributed by atoms with E-state index in [-0.39, 0.29) is 11.3 Å². The molecule has 0 heterocycles. The summed E-state index contributed by atoms with van der Waals surface area (Å²) < 4.78 is 42.3. The first-order valence-corrected chi connectivity index (χ1v) is 9.46. The molecule has 25 heavy (non-hydrogen) atoms. The first-order chi connectivity index (χ1) is 11.8. The highest BCUT2D eigenvalue weighted by atomic mass is 32.2. The van der Waals surface area contributed by atoms with E-state index < -0.39 is 28.5 Å². The predicted molar refractivity (Wildman–Crippen MR) is 93.6 cm³/mol. The second-order valence-electron chi connectivity index (χ2n) is 5.17. The van der Waals surface area contributed by atoms with Gasteiger partial charge in [0.1, 0.15) is 0 Å². The van der Waals surface area contributed by atoms with Gasteiger partial charge in [-0.15, -0.1) is 6.58 Å². The lowest BCUT2D eigenvalue weighted by molar-refractivity contribution is -0.188. The highest BCUT2D eigenvalue weighted by Crippen LogP contribution is 2.14. The fraction of sp³-hybridized carbons (Fsp3) is 0.471. The number of nitrogens with one attached hydrogen (secondary N) is 1. The number of rotatable bonds is 10. The van der Waals surface area contributed by atoms with Crippen molar-refractivity contribution in [2.45, 2.75) is 44.5 Å². The van der Waals surface area contributed by atoms with E-state index in [9.17, 15) is 13.2 Å². The van der Waals surface area contributed by atoms with Crippen LogP contribution in [0.2, 0.25) is 0 Å². The average molecular weight is 371 g/mol. The highest BCUT2D eigenvalue weighted by Gasteiger charge is 2.27. The number of benzene rings is 1. The minimum absolute atomic E-state index is 0.0264. The van der Waals surface area contributed by atoms with Crippen LogP contribution < -0.4 is 4.72 Å². The van der Waals surface area contributed by atoms with Crippen LogP contribution in [0.25, 0.3) is 0 Å². The van der Waals surface area contributed by atoms with Crippen LogP contribution in [0.3, 0.4) is 0 Å². The number of aryl methyl sites for hydroxylation is 1. The second kappa shape index (κ2) is 10.2. The molecule has 1 unspecified atom stereocenters. The fourth-order valence-electron chi connectivity index (χ4n) is 2.02. The zero-order chi connectivity index (χ0) is 18.9. The molecule has 0 aliphatic rings. The lowest BCUT2D eigenvalue weighted by atomic mass is 10.2. The van der Waals surface area contributed by atoms with Crippen molar-refractivity contribution in [3.05, 3.63) is 42.5 Å². The molecule has 1 aromatic carbocycles. The second-order valence-corrected chi connectivity index (χ2v) is 6.85. The minimum atomic E-state index is -4.02. The van der Waals surface area contributed by atoms with E-state index in [2.05, 4.69) is 6.58 Å². The monoisotopic (exact) mass is 371 g/mol. The van der Waals surface area contributed by atoms with Gasteiger partial charge in [0.05, 0.1) is 4.90 Å². The molecule has 0 spiro atoms. The molecule has 0 aliphatic carbocycles. The van der Waals surface area contributed by atoms with Gasteiger partial charge in [-0.1, -0.05) is 23.8 Å². The number of amides is 1. The van der Waals surface area contributed by atoms with Crippen LogP contribution in [-0.2, 0) is 24.2 Å². The number of hydrogen-bond acceptors (Lipinski definition) is 6. The molecule has 0 radical (unpaired) electrons. The summed E-state index contributed by atoms with van der Waals surface area (Å²) in [5.41, 5.74) is 0.906. The van der Waals surface area contributed by atoms with E-state index in [1.807, 2.05) is 11.6 Å². The maximum Gasteiger partial charge on any atom is 0.421 e. The summed E-state index contributed by atoms with van der Waals surface area (Å²) in [5.74, 6) is 0. The molecule has 1 amide bonds. The van der Waals surface area contributed by atoms with Gasteiger partial charge in [-0.25, -0.2) is 17.9 Å². The Hall–Kier alpha value is -1.90. The van der Waals surface area contributed by atoms with Crippen molar-refractivity contribution in [3.63, 3.8) is 0 Å². The summed E-state index contributed by atoms with van der Waals surface area (Å²) in [7, 11) is -4.02. The van der Waals surface area contributed by atoms with Gasteiger partial charge in [-0.3, -0.25) is 0 Å². The highest BCUT2D eigenvalue weighted by molar-refractivity contribution is 7.90. The average Bonchev–Trinajstić information content (AvgIpc) is 2.54. The zero-order valence-corrected chi connectivity index (χ0v) is 15.5. The van der Waals surface area contributed by atoms with Crippen molar-refractivity contribution in [2.24, 2.45) is 0 Å². The van der Waals surface area contributed by atoms with E-state index in [0.717, 1.165) is 5.56 Å². The van der Waals surface area contributed by atoms with Crippen LogP contribution in [-0.4, -0.2) is 40.1 Å². The van der Waals surface area contributed by atoms with Crippen LogP contribution in [0.4, 0.5) is 4.79 Å². The minimum Gasteiger partial charge on any atom is -0.440 e. The van der Waals surface area contributed by atoms with Crippen LogP contribution in [0.15, 0.2) is 41.8 Å². The van der Waals surface area contributed by atoms with Gasteiger partial charge < -0.3 is 14.2 Å². The molecule has 7 nitrogen and oxygen atoms in total. The largest absolute Gasteiger partial charge is 0.440 e. The number of sulfonamides is 1. The molecule has 1 N–H and O–H groups in total. The Morgan fingerprint density at radius 2 is 1.76 bits per heavy atom. The molecule has 0 saturated heterocycles. The van der Waals surface area contributed by atoms with Gasteiger partial charge in [0.2, 0.25) is 0 Å². The van der Waals surface area contributed by atoms with Gasteiger partial charge >= 0.3 is 6.09 Å². The maximum atomic E-state index is 12.2. The first-order valence-electron chi connectivity index (χ1n) is 7.98. The van der Waals surface area contributed by atoms with Crippen molar-refractivity contribution in [1.29, 1.82) is 0 Å². The van der Waals surface area contributed by atoms with E-state index in [1.165, 1.54) is 18.2 Å². The molecule has 0 saturated carbocycles. The molecule has 8 heteroatoms. The number of ether oxygens (including phenoxy) is 3. The zero-order valence-electron chi connectivity index (χ0n) is 14.7. The van der Waals surface area contributed by atoms with E-state index in [0.29, 0.717) is 13.2 Å². The van der Waals surface area contributed by atoms with Crippen LogP contribution in [0.1, 0.15) is 25.8 Å². The van der Waals surface area contributed by atoms with Crippen molar-refractivity contribution < 1.29 is 27.4 Å². The van der Waals surface area contributed by atoms with Gasteiger partial charge in [-0.05, 0) is 32.9 Å². The molecule has 0 aliphatic heterocycles. The van der Waals surface area contributed by atoms with E-state index in [1.54, 1.807) is 26.0 Å². The summed E-state index contributed by atoms with van der Waals surface area (Å²) >= 11 is 0. The Bertz CT molecular complexity index is 650. The molecule has 1 rings (SSSR count). The lowest BCUT2D eigenvalue weighted by Crippen LogP contribution is -2.40. The molecule has 1 aromatic rings. The summed E-state index contributed by atoms with van der Waals surface area (Å²) in [4.78, 5) is 12.0. The lowest BCUT2D eigenvalue weighted by Gasteiger charge is -2.25. The summed E-state index contributed by atoms with van der Waals surface area (Å²) in [5, 5.41) is 0. The van der Waals surface area contributed by atoms with Crippen LogP contribution in [0.5, 0.6) is 0 Å². The third-order valence-electron chi connectivity index (χ3n) is 3.17. The van der Waals surface area contributed by atoms with Crippen molar-refractivity contribution in [1.82, 2.24) is 4.72 Å². The quantitative estimate of drug-likeness (QED) is 0.502.